The highest BCUT2D eigenvalue weighted by Gasteiger charge is 2.14. The fourth-order valence-corrected chi connectivity index (χ4v) is 4.88. The first-order valence-electron chi connectivity index (χ1n) is 10.5. The van der Waals surface area contributed by atoms with Crippen LogP contribution in [0.1, 0.15) is 39.6 Å². The summed E-state index contributed by atoms with van der Waals surface area (Å²) in [6.45, 7) is 2.11. The molecule has 0 saturated carbocycles. The SMILES string of the molecule is CC(=O)c1ccc(S(=O)(=O)NCc2ccc(C(=O)NCCCSc3ccccc3)cc2)cc1. The summed E-state index contributed by atoms with van der Waals surface area (Å²) in [6, 6.07) is 22.7. The quantitative estimate of drug-likeness (QED) is 0.242. The lowest BCUT2D eigenvalue weighted by atomic mass is 10.1. The number of hydrogen-bond donors (Lipinski definition) is 2. The molecule has 33 heavy (non-hydrogen) atoms. The summed E-state index contributed by atoms with van der Waals surface area (Å²) in [7, 11) is -3.71. The summed E-state index contributed by atoms with van der Waals surface area (Å²) >= 11 is 1.76. The van der Waals surface area contributed by atoms with Crippen molar-refractivity contribution in [2.24, 2.45) is 0 Å². The van der Waals surface area contributed by atoms with Gasteiger partial charge in [-0.3, -0.25) is 9.59 Å². The number of rotatable bonds is 11. The average Bonchev–Trinajstić information content (AvgIpc) is 2.83. The first-order valence-corrected chi connectivity index (χ1v) is 13.0. The van der Waals surface area contributed by atoms with Crippen molar-refractivity contribution >= 4 is 33.5 Å². The van der Waals surface area contributed by atoms with Crippen LogP contribution in [0.2, 0.25) is 0 Å². The Kier molecular flexibility index (Phi) is 8.82. The van der Waals surface area contributed by atoms with Crippen LogP contribution >= 0.6 is 11.8 Å². The van der Waals surface area contributed by atoms with Gasteiger partial charge in [-0.05, 0) is 61.1 Å². The number of thioether (sulfide) groups is 1. The van der Waals surface area contributed by atoms with Gasteiger partial charge in [0, 0.05) is 29.1 Å². The number of benzene rings is 3. The normalized spacial score (nSPS) is 11.2. The summed E-state index contributed by atoms with van der Waals surface area (Å²) in [5, 5.41) is 2.91. The topological polar surface area (TPSA) is 92.3 Å². The van der Waals surface area contributed by atoms with Crippen molar-refractivity contribution in [1.29, 1.82) is 0 Å². The highest BCUT2D eigenvalue weighted by molar-refractivity contribution is 7.99. The van der Waals surface area contributed by atoms with Crippen molar-refractivity contribution < 1.29 is 18.0 Å². The Bertz CT molecular complexity index is 1180. The lowest BCUT2D eigenvalue weighted by Gasteiger charge is -2.09. The van der Waals surface area contributed by atoms with E-state index in [0.29, 0.717) is 17.7 Å². The van der Waals surface area contributed by atoms with Crippen LogP contribution in [0.3, 0.4) is 0 Å². The van der Waals surface area contributed by atoms with Gasteiger partial charge in [0.15, 0.2) is 5.78 Å². The third-order valence-corrected chi connectivity index (χ3v) is 7.39. The number of sulfonamides is 1. The van der Waals surface area contributed by atoms with Gasteiger partial charge in [0.1, 0.15) is 0 Å². The van der Waals surface area contributed by atoms with Gasteiger partial charge in [0.2, 0.25) is 10.0 Å². The van der Waals surface area contributed by atoms with Crippen LogP contribution in [-0.4, -0.2) is 32.4 Å². The number of carbonyl (C=O) groups is 2. The number of hydrogen-bond acceptors (Lipinski definition) is 5. The van der Waals surface area contributed by atoms with E-state index >= 15 is 0 Å². The largest absolute Gasteiger partial charge is 0.352 e. The highest BCUT2D eigenvalue weighted by atomic mass is 32.2. The van der Waals surface area contributed by atoms with Gasteiger partial charge in [-0.25, -0.2) is 13.1 Å². The first-order chi connectivity index (χ1) is 15.8. The Balaban J connectivity index is 1.44. The minimum absolute atomic E-state index is 0.0916. The van der Waals surface area contributed by atoms with E-state index in [4.69, 9.17) is 0 Å². The third kappa shape index (κ3) is 7.56. The molecule has 0 fully saturated rings. The van der Waals surface area contributed by atoms with E-state index in [1.54, 1.807) is 36.0 Å². The standard InChI is InChI=1S/C25H26N2O4S2/c1-19(28)21-12-14-24(15-13-21)33(30,31)27-18-20-8-10-22(11-9-20)25(29)26-16-5-17-32-23-6-3-2-4-7-23/h2-4,6-15,27H,5,16-18H2,1H3,(H,26,29). The van der Waals surface area contributed by atoms with E-state index < -0.39 is 10.0 Å². The highest BCUT2D eigenvalue weighted by Crippen LogP contribution is 2.17. The Labute approximate surface area is 198 Å². The molecule has 0 aliphatic carbocycles. The molecule has 1 amide bonds. The summed E-state index contributed by atoms with van der Waals surface area (Å²) in [6.07, 6.45) is 0.860. The number of Topliss-reactive ketones (excluding diaryl/α,β-unsaturated/α-hetero) is 1. The van der Waals surface area contributed by atoms with E-state index in [1.807, 2.05) is 18.2 Å². The summed E-state index contributed by atoms with van der Waals surface area (Å²) in [5.41, 5.74) is 1.71. The van der Waals surface area contributed by atoms with Crippen LogP contribution < -0.4 is 10.0 Å². The van der Waals surface area contributed by atoms with Crippen LogP contribution in [0.4, 0.5) is 0 Å². The summed E-state index contributed by atoms with van der Waals surface area (Å²) in [4.78, 5) is 25.0. The van der Waals surface area contributed by atoms with Crippen LogP contribution in [0.5, 0.6) is 0 Å². The number of amides is 1. The zero-order valence-corrected chi connectivity index (χ0v) is 19.9. The second-order valence-corrected chi connectivity index (χ2v) is 10.3. The average molecular weight is 483 g/mol. The molecule has 3 rings (SSSR count). The molecule has 8 heteroatoms. The fraction of sp³-hybridized carbons (Fsp3) is 0.200. The van der Waals surface area contributed by atoms with Crippen LogP contribution in [0.15, 0.2) is 88.7 Å². The molecule has 0 aliphatic rings. The molecular weight excluding hydrogens is 456 g/mol. The molecule has 0 aliphatic heterocycles. The van der Waals surface area contributed by atoms with Crippen LogP contribution in [0.25, 0.3) is 0 Å². The number of carbonyl (C=O) groups excluding carboxylic acids is 2. The molecule has 0 heterocycles. The monoisotopic (exact) mass is 482 g/mol. The van der Waals surface area contributed by atoms with Crippen molar-refractivity contribution in [3.8, 4) is 0 Å². The van der Waals surface area contributed by atoms with E-state index in [-0.39, 0.29) is 23.1 Å². The van der Waals surface area contributed by atoms with Crippen molar-refractivity contribution in [2.45, 2.75) is 29.7 Å². The maximum Gasteiger partial charge on any atom is 0.251 e. The molecular formula is C25H26N2O4S2. The van der Waals surface area contributed by atoms with Gasteiger partial charge < -0.3 is 5.32 Å². The molecule has 0 aromatic heterocycles. The molecule has 0 radical (unpaired) electrons. The summed E-state index contributed by atoms with van der Waals surface area (Å²) in [5.74, 6) is 0.639. The molecule has 2 N–H and O–H groups in total. The molecule has 3 aromatic carbocycles. The Hall–Kier alpha value is -2.94. The molecule has 172 valence electrons. The fourth-order valence-electron chi connectivity index (χ4n) is 2.99. The van der Waals surface area contributed by atoms with Gasteiger partial charge in [-0.15, -0.1) is 11.8 Å². The molecule has 0 bridgehead atoms. The van der Waals surface area contributed by atoms with Crippen LogP contribution in [-0.2, 0) is 16.6 Å². The lowest BCUT2D eigenvalue weighted by molar-refractivity contribution is 0.0952. The minimum Gasteiger partial charge on any atom is -0.352 e. The number of nitrogens with one attached hydrogen (secondary N) is 2. The summed E-state index contributed by atoms with van der Waals surface area (Å²) < 4.78 is 27.5. The Morgan fingerprint density at radius 1 is 0.848 bits per heavy atom. The molecule has 3 aromatic rings. The van der Waals surface area contributed by atoms with Gasteiger partial charge in [-0.1, -0.05) is 42.5 Å². The predicted octanol–water partition coefficient (Wildman–Crippen LogP) is 4.28. The van der Waals surface area contributed by atoms with Crippen LogP contribution in [0, 0.1) is 0 Å². The van der Waals surface area contributed by atoms with Crippen molar-refractivity contribution in [3.05, 3.63) is 95.6 Å². The van der Waals surface area contributed by atoms with Gasteiger partial charge in [0.25, 0.3) is 5.91 Å². The van der Waals surface area contributed by atoms with E-state index in [0.717, 1.165) is 17.7 Å². The third-order valence-electron chi connectivity index (χ3n) is 4.87. The molecule has 0 atom stereocenters. The maximum atomic E-state index is 12.5. The second-order valence-electron chi connectivity index (χ2n) is 7.37. The van der Waals surface area contributed by atoms with Gasteiger partial charge in [-0.2, -0.15) is 0 Å². The molecule has 0 spiro atoms. The Morgan fingerprint density at radius 3 is 2.12 bits per heavy atom. The Morgan fingerprint density at radius 2 is 1.48 bits per heavy atom. The van der Waals surface area contributed by atoms with Crippen molar-refractivity contribution in [3.63, 3.8) is 0 Å². The van der Waals surface area contributed by atoms with E-state index in [1.165, 1.54) is 36.1 Å². The van der Waals surface area contributed by atoms with Crippen molar-refractivity contribution in [2.75, 3.05) is 12.3 Å². The lowest BCUT2D eigenvalue weighted by Crippen LogP contribution is -2.25. The molecule has 0 saturated heterocycles. The van der Waals surface area contributed by atoms with E-state index in [9.17, 15) is 18.0 Å². The van der Waals surface area contributed by atoms with Crippen molar-refractivity contribution in [1.82, 2.24) is 10.0 Å². The second kappa shape index (κ2) is 11.8. The maximum absolute atomic E-state index is 12.5. The van der Waals surface area contributed by atoms with Gasteiger partial charge in [0.05, 0.1) is 4.90 Å². The number of ketones is 1. The zero-order valence-electron chi connectivity index (χ0n) is 18.3. The predicted molar refractivity (Wildman–Crippen MR) is 131 cm³/mol. The van der Waals surface area contributed by atoms with Gasteiger partial charge >= 0.3 is 0 Å². The van der Waals surface area contributed by atoms with E-state index in [2.05, 4.69) is 22.2 Å². The minimum atomic E-state index is -3.71. The zero-order chi connectivity index (χ0) is 23.7. The smallest absolute Gasteiger partial charge is 0.251 e. The first kappa shape index (κ1) is 24.7. The molecule has 6 nitrogen and oxygen atoms in total. The molecule has 0 unspecified atom stereocenters.